The van der Waals surface area contributed by atoms with Crippen LogP contribution >= 0.6 is 11.6 Å². The molecule has 1 N–H and O–H groups in total. The van der Waals surface area contributed by atoms with Gasteiger partial charge in [0, 0.05) is 20.1 Å². The smallest absolute Gasteiger partial charge is 0.230 e. The van der Waals surface area contributed by atoms with Crippen molar-refractivity contribution in [2.75, 3.05) is 24.3 Å². The molecule has 1 saturated carbocycles. The Labute approximate surface area is 93.9 Å². The summed E-state index contributed by atoms with van der Waals surface area (Å²) in [6.07, 6.45) is 1.17. The SMILES string of the molecule is CC1CC1Nc1nc(Cl)nc(N(C)C)n1. The molecule has 0 saturated heterocycles. The highest BCUT2D eigenvalue weighted by Gasteiger charge is 2.33. The number of nitrogens with zero attached hydrogens (tertiary/aromatic N) is 4. The normalized spacial score (nSPS) is 23.7. The highest BCUT2D eigenvalue weighted by molar-refractivity contribution is 6.28. The largest absolute Gasteiger partial charge is 0.351 e. The Balaban J connectivity index is 2.16. The van der Waals surface area contributed by atoms with Crippen LogP contribution in [0.2, 0.25) is 5.28 Å². The van der Waals surface area contributed by atoms with E-state index in [1.165, 1.54) is 6.42 Å². The molecule has 6 heteroatoms. The standard InChI is InChI=1S/C9H14ClN5/c1-5-4-6(5)11-8-12-7(10)13-9(14-8)15(2)3/h5-6H,4H2,1-3H3,(H,11,12,13,14). The molecule has 1 fully saturated rings. The van der Waals surface area contributed by atoms with Crippen LogP contribution in [0, 0.1) is 5.92 Å². The van der Waals surface area contributed by atoms with E-state index in [-0.39, 0.29) is 5.28 Å². The van der Waals surface area contributed by atoms with Crippen LogP contribution in [0.25, 0.3) is 0 Å². The van der Waals surface area contributed by atoms with Crippen LogP contribution in [0.3, 0.4) is 0 Å². The van der Waals surface area contributed by atoms with E-state index in [0.29, 0.717) is 23.9 Å². The Morgan fingerprint density at radius 2 is 2.00 bits per heavy atom. The van der Waals surface area contributed by atoms with Crippen LogP contribution in [0.15, 0.2) is 0 Å². The molecule has 1 aliphatic carbocycles. The third kappa shape index (κ3) is 2.47. The number of hydrogen-bond donors (Lipinski definition) is 1. The van der Waals surface area contributed by atoms with Crippen molar-refractivity contribution in [1.82, 2.24) is 15.0 Å². The third-order valence-electron chi connectivity index (χ3n) is 2.42. The zero-order valence-electron chi connectivity index (χ0n) is 9.03. The minimum atomic E-state index is 0.226. The molecule has 2 rings (SSSR count). The fourth-order valence-electron chi connectivity index (χ4n) is 1.29. The van der Waals surface area contributed by atoms with Crippen LogP contribution < -0.4 is 10.2 Å². The van der Waals surface area contributed by atoms with Gasteiger partial charge in [0.15, 0.2) is 0 Å². The lowest BCUT2D eigenvalue weighted by atomic mass is 10.5. The lowest BCUT2D eigenvalue weighted by Crippen LogP contribution is -2.16. The quantitative estimate of drug-likeness (QED) is 0.846. The molecule has 1 heterocycles. The predicted molar refractivity (Wildman–Crippen MR) is 60.4 cm³/mol. The van der Waals surface area contributed by atoms with Crippen LogP contribution in [-0.2, 0) is 0 Å². The minimum Gasteiger partial charge on any atom is -0.351 e. The van der Waals surface area contributed by atoms with Crippen molar-refractivity contribution < 1.29 is 0 Å². The van der Waals surface area contributed by atoms with Crippen molar-refractivity contribution in [2.45, 2.75) is 19.4 Å². The maximum absolute atomic E-state index is 5.81. The molecule has 1 aromatic rings. The van der Waals surface area contributed by atoms with Gasteiger partial charge in [0.2, 0.25) is 17.2 Å². The topological polar surface area (TPSA) is 53.9 Å². The molecule has 0 amide bonds. The van der Waals surface area contributed by atoms with E-state index in [4.69, 9.17) is 11.6 Å². The van der Waals surface area contributed by atoms with E-state index in [2.05, 4.69) is 27.2 Å². The number of halogens is 1. The third-order valence-corrected chi connectivity index (χ3v) is 2.59. The second kappa shape index (κ2) is 3.81. The second-order valence-electron chi connectivity index (χ2n) is 4.09. The Bertz CT molecular complexity index is 368. The second-order valence-corrected chi connectivity index (χ2v) is 4.42. The van der Waals surface area contributed by atoms with Crippen molar-refractivity contribution in [3.8, 4) is 0 Å². The van der Waals surface area contributed by atoms with Crippen molar-refractivity contribution in [2.24, 2.45) is 5.92 Å². The fourth-order valence-corrected chi connectivity index (χ4v) is 1.45. The van der Waals surface area contributed by atoms with Gasteiger partial charge in [-0.2, -0.15) is 15.0 Å². The van der Waals surface area contributed by atoms with Crippen molar-refractivity contribution in [3.05, 3.63) is 5.28 Å². The number of aromatic nitrogens is 3. The van der Waals surface area contributed by atoms with Gasteiger partial charge in [-0.25, -0.2) is 0 Å². The first kappa shape index (κ1) is 10.4. The number of hydrogen-bond acceptors (Lipinski definition) is 5. The van der Waals surface area contributed by atoms with Crippen LogP contribution in [0.5, 0.6) is 0 Å². The van der Waals surface area contributed by atoms with E-state index < -0.39 is 0 Å². The zero-order chi connectivity index (χ0) is 11.0. The molecule has 0 aliphatic heterocycles. The molecule has 0 aromatic carbocycles. The average Bonchev–Trinajstić information content (AvgIpc) is 2.80. The summed E-state index contributed by atoms with van der Waals surface area (Å²) < 4.78 is 0. The van der Waals surface area contributed by atoms with E-state index in [1.807, 2.05) is 14.1 Å². The molecule has 2 atom stereocenters. The lowest BCUT2D eigenvalue weighted by Gasteiger charge is -2.11. The first-order valence-electron chi connectivity index (χ1n) is 4.91. The van der Waals surface area contributed by atoms with E-state index in [0.717, 1.165) is 0 Å². The summed E-state index contributed by atoms with van der Waals surface area (Å²) in [5.74, 6) is 1.84. The fraction of sp³-hybridized carbons (Fsp3) is 0.667. The van der Waals surface area contributed by atoms with Crippen molar-refractivity contribution in [3.63, 3.8) is 0 Å². The van der Waals surface area contributed by atoms with E-state index in [9.17, 15) is 0 Å². The van der Waals surface area contributed by atoms with Crippen LogP contribution in [0.1, 0.15) is 13.3 Å². The number of nitrogens with one attached hydrogen (secondary N) is 1. The monoisotopic (exact) mass is 227 g/mol. The summed E-state index contributed by atoms with van der Waals surface area (Å²) >= 11 is 5.81. The highest BCUT2D eigenvalue weighted by atomic mass is 35.5. The summed E-state index contributed by atoms with van der Waals surface area (Å²) in [5.41, 5.74) is 0. The van der Waals surface area contributed by atoms with Crippen LogP contribution in [-0.4, -0.2) is 35.1 Å². The van der Waals surface area contributed by atoms with Crippen LogP contribution in [0.4, 0.5) is 11.9 Å². The van der Waals surface area contributed by atoms with E-state index >= 15 is 0 Å². The molecule has 1 aliphatic rings. The molecule has 0 radical (unpaired) electrons. The van der Waals surface area contributed by atoms with Gasteiger partial charge in [-0.05, 0) is 23.9 Å². The maximum Gasteiger partial charge on any atom is 0.230 e. The van der Waals surface area contributed by atoms with Gasteiger partial charge in [0.1, 0.15) is 0 Å². The number of rotatable bonds is 3. The first-order valence-corrected chi connectivity index (χ1v) is 5.29. The molecule has 15 heavy (non-hydrogen) atoms. The predicted octanol–water partition coefficient (Wildman–Crippen LogP) is 1.41. The first-order chi connectivity index (χ1) is 7.06. The summed E-state index contributed by atoms with van der Waals surface area (Å²) in [4.78, 5) is 14.1. The molecule has 5 nitrogen and oxygen atoms in total. The summed E-state index contributed by atoms with van der Waals surface area (Å²) in [6, 6.07) is 0.485. The molecule has 1 aromatic heterocycles. The Morgan fingerprint density at radius 1 is 1.33 bits per heavy atom. The van der Waals surface area contributed by atoms with Gasteiger partial charge in [-0.3, -0.25) is 0 Å². The molecular weight excluding hydrogens is 214 g/mol. The summed E-state index contributed by atoms with van der Waals surface area (Å²) in [5, 5.41) is 3.45. The lowest BCUT2D eigenvalue weighted by molar-refractivity contribution is 0.896. The van der Waals surface area contributed by atoms with Crippen molar-refractivity contribution in [1.29, 1.82) is 0 Å². The van der Waals surface area contributed by atoms with Gasteiger partial charge in [-0.15, -0.1) is 0 Å². The van der Waals surface area contributed by atoms with Gasteiger partial charge in [-0.1, -0.05) is 6.92 Å². The summed E-state index contributed by atoms with van der Waals surface area (Å²) in [7, 11) is 3.74. The number of anilines is 2. The molecule has 0 bridgehead atoms. The molecule has 82 valence electrons. The molecular formula is C9H14ClN5. The average molecular weight is 228 g/mol. The molecule has 2 unspecified atom stereocenters. The van der Waals surface area contributed by atoms with E-state index in [1.54, 1.807) is 4.90 Å². The molecule has 0 spiro atoms. The van der Waals surface area contributed by atoms with Gasteiger partial charge in [0.05, 0.1) is 0 Å². The summed E-state index contributed by atoms with van der Waals surface area (Å²) in [6.45, 7) is 2.19. The highest BCUT2D eigenvalue weighted by Crippen LogP contribution is 2.31. The Hall–Kier alpha value is -1.10. The minimum absolute atomic E-state index is 0.226. The van der Waals surface area contributed by atoms with Gasteiger partial charge in [0.25, 0.3) is 0 Å². The van der Waals surface area contributed by atoms with Gasteiger partial charge >= 0.3 is 0 Å². The Morgan fingerprint density at radius 3 is 2.53 bits per heavy atom. The Kier molecular flexibility index (Phi) is 2.65. The van der Waals surface area contributed by atoms with Crippen molar-refractivity contribution >= 4 is 23.5 Å². The maximum atomic E-state index is 5.81. The van der Waals surface area contributed by atoms with Gasteiger partial charge < -0.3 is 10.2 Å². The zero-order valence-corrected chi connectivity index (χ0v) is 9.78.